The molecule has 1 saturated heterocycles. The van der Waals surface area contributed by atoms with Gasteiger partial charge in [-0.05, 0) is 30.5 Å². The molecule has 3 aromatic rings. The smallest absolute Gasteiger partial charge is 0.242 e. The van der Waals surface area contributed by atoms with Crippen molar-refractivity contribution in [3.8, 4) is 0 Å². The molecule has 1 fully saturated rings. The molecule has 0 bridgehead atoms. The lowest BCUT2D eigenvalue weighted by Crippen LogP contribution is -2.45. The molecule has 3 N–H and O–H groups in total. The number of benzene rings is 1. The van der Waals surface area contributed by atoms with Crippen molar-refractivity contribution in [3.05, 3.63) is 60.0 Å². The van der Waals surface area contributed by atoms with E-state index in [2.05, 4.69) is 25.2 Å². The summed E-state index contributed by atoms with van der Waals surface area (Å²) in [5.41, 5.74) is 2.45. The molecule has 4 rings (SSSR count). The number of aromatic nitrogens is 3. The van der Waals surface area contributed by atoms with Gasteiger partial charge in [-0.2, -0.15) is 0 Å². The van der Waals surface area contributed by atoms with E-state index in [1.165, 1.54) is 0 Å². The number of hydrogen-bond donors (Lipinski definition) is 3. The number of pyridine rings is 1. The van der Waals surface area contributed by atoms with Gasteiger partial charge in [0, 0.05) is 19.3 Å². The molecule has 140 valence electrons. The Labute approximate surface area is 157 Å². The highest BCUT2D eigenvalue weighted by Crippen LogP contribution is 2.25. The number of nitrogens with zero attached hydrogens (tertiary/aromatic N) is 3. The van der Waals surface area contributed by atoms with E-state index in [9.17, 15) is 9.90 Å². The topological polar surface area (TPSA) is 94.1 Å². The molecular weight excluding hydrogens is 342 g/mol. The van der Waals surface area contributed by atoms with Crippen molar-refractivity contribution in [1.82, 2.24) is 25.2 Å². The summed E-state index contributed by atoms with van der Waals surface area (Å²) in [6.45, 7) is 1.71. The molecule has 7 heteroatoms. The van der Waals surface area contributed by atoms with Gasteiger partial charge in [0.1, 0.15) is 11.9 Å². The summed E-state index contributed by atoms with van der Waals surface area (Å²) in [4.78, 5) is 27.0. The molecule has 1 amide bonds. The van der Waals surface area contributed by atoms with Crippen LogP contribution < -0.4 is 5.32 Å². The Morgan fingerprint density at radius 2 is 2.00 bits per heavy atom. The van der Waals surface area contributed by atoms with Gasteiger partial charge in [-0.1, -0.05) is 30.3 Å². The first-order valence-electron chi connectivity index (χ1n) is 9.25. The minimum Gasteiger partial charge on any atom is -0.393 e. The monoisotopic (exact) mass is 365 g/mol. The second kappa shape index (κ2) is 7.85. The molecule has 7 nitrogen and oxygen atoms in total. The number of imidazole rings is 1. The molecule has 0 saturated carbocycles. The molecule has 0 spiro atoms. The van der Waals surface area contributed by atoms with Crippen LogP contribution in [0.2, 0.25) is 0 Å². The fraction of sp³-hybridized carbons (Fsp3) is 0.350. The standard InChI is InChI=1S/C20H23N5O2/c26-15-8-11-25(12-9-15)18(14-5-2-1-3-6-14)20(27)22-13-17-23-16-7-4-10-21-19(16)24-17/h1-7,10,15,18,26H,8-9,11-13H2,(H,22,27)(H,21,23,24). The number of nitrogens with one attached hydrogen (secondary N) is 2. The maximum atomic E-state index is 13.0. The molecule has 1 aliphatic heterocycles. The highest BCUT2D eigenvalue weighted by Gasteiger charge is 2.30. The molecular formula is C20H23N5O2. The Morgan fingerprint density at radius 1 is 1.22 bits per heavy atom. The molecule has 0 aliphatic carbocycles. The third kappa shape index (κ3) is 3.99. The van der Waals surface area contributed by atoms with Gasteiger partial charge in [-0.3, -0.25) is 9.69 Å². The number of fused-ring (bicyclic) bond motifs is 1. The van der Waals surface area contributed by atoms with Crippen molar-refractivity contribution in [2.24, 2.45) is 0 Å². The van der Waals surface area contributed by atoms with Crippen LogP contribution >= 0.6 is 0 Å². The van der Waals surface area contributed by atoms with Gasteiger partial charge in [0.2, 0.25) is 5.91 Å². The summed E-state index contributed by atoms with van der Waals surface area (Å²) in [6.07, 6.45) is 2.79. The number of H-pyrrole nitrogens is 1. The summed E-state index contributed by atoms with van der Waals surface area (Å²) in [6, 6.07) is 13.2. The van der Waals surface area contributed by atoms with Crippen LogP contribution in [0.3, 0.4) is 0 Å². The van der Waals surface area contributed by atoms with Crippen LogP contribution in [0, 0.1) is 0 Å². The molecule has 1 unspecified atom stereocenters. The predicted octanol–water partition coefficient (Wildman–Crippen LogP) is 1.77. The molecule has 1 atom stereocenters. The summed E-state index contributed by atoms with van der Waals surface area (Å²) in [5.74, 6) is 0.615. The zero-order valence-corrected chi connectivity index (χ0v) is 15.0. The Kier molecular flexibility index (Phi) is 5.13. The van der Waals surface area contributed by atoms with Gasteiger partial charge in [-0.15, -0.1) is 0 Å². The third-order valence-electron chi connectivity index (χ3n) is 4.96. The van der Waals surface area contributed by atoms with E-state index < -0.39 is 0 Å². The number of hydrogen-bond acceptors (Lipinski definition) is 5. The zero-order chi connectivity index (χ0) is 18.6. The lowest BCUT2D eigenvalue weighted by molar-refractivity contribution is -0.127. The second-order valence-electron chi connectivity index (χ2n) is 6.86. The van der Waals surface area contributed by atoms with Gasteiger partial charge in [-0.25, -0.2) is 9.97 Å². The highest BCUT2D eigenvalue weighted by atomic mass is 16.3. The van der Waals surface area contributed by atoms with Gasteiger partial charge in [0.25, 0.3) is 0 Å². The van der Waals surface area contributed by atoms with Crippen LogP contribution in [0.1, 0.15) is 30.3 Å². The lowest BCUT2D eigenvalue weighted by atomic mass is 10.00. The maximum Gasteiger partial charge on any atom is 0.242 e. The normalized spacial score (nSPS) is 17.1. The van der Waals surface area contributed by atoms with E-state index in [4.69, 9.17) is 0 Å². The minimum atomic E-state index is -0.374. The summed E-state index contributed by atoms with van der Waals surface area (Å²) >= 11 is 0. The number of rotatable bonds is 5. The van der Waals surface area contributed by atoms with E-state index in [-0.39, 0.29) is 18.1 Å². The Morgan fingerprint density at radius 3 is 2.74 bits per heavy atom. The molecule has 27 heavy (non-hydrogen) atoms. The Bertz CT molecular complexity index is 870. The number of aliphatic hydroxyl groups excluding tert-OH is 1. The first-order chi connectivity index (χ1) is 13.2. The molecule has 1 aliphatic rings. The lowest BCUT2D eigenvalue weighted by Gasteiger charge is -2.35. The molecule has 0 radical (unpaired) electrons. The van der Waals surface area contributed by atoms with Crippen LogP contribution in [-0.2, 0) is 11.3 Å². The summed E-state index contributed by atoms with van der Waals surface area (Å²) in [7, 11) is 0. The van der Waals surface area contributed by atoms with Crippen LogP contribution in [-0.4, -0.2) is 50.1 Å². The van der Waals surface area contributed by atoms with Gasteiger partial charge < -0.3 is 15.4 Å². The second-order valence-corrected chi connectivity index (χ2v) is 6.86. The Balaban J connectivity index is 1.49. The minimum absolute atomic E-state index is 0.0639. The number of piperidine rings is 1. The van der Waals surface area contributed by atoms with Gasteiger partial charge in [0.15, 0.2) is 5.65 Å². The molecule has 2 aromatic heterocycles. The number of likely N-dealkylation sites (tertiary alicyclic amines) is 1. The maximum absolute atomic E-state index is 13.0. The van der Waals surface area contributed by atoms with Crippen molar-refractivity contribution in [1.29, 1.82) is 0 Å². The van der Waals surface area contributed by atoms with Crippen LogP contribution in [0.25, 0.3) is 11.2 Å². The number of aromatic amines is 1. The van der Waals surface area contributed by atoms with Crippen LogP contribution in [0.4, 0.5) is 0 Å². The predicted molar refractivity (Wildman–Crippen MR) is 102 cm³/mol. The fourth-order valence-electron chi connectivity index (χ4n) is 3.55. The molecule has 3 heterocycles. The van der Waals surface area contributed by atoms with Crippen molar-refractivity contribution in [2.75, 3.05) is 13.1 Å². The van der Waals surface area contributed by atoms with E-state index >= 15 is 0 Å². The number of carbonyl (C=O) groups is 1. The van der Waals surface area contributed by atoms with E-state index in [1.54, 1.807) is 6.20 Å². The van der Waals surface area contributed by atoms with Crippen LogP contribution in [0.15, 0.2) is 48.7 Å². The quantitative estimate of drug-likeness (QED) is 0.641. The fourth-order valence-corrected chi connectivity index (χ4v) is 3.55. The zero-order valence-electron chi connectivity index (χ0n) is 15.0. The highest BCUT2D eigenvalue weighted by molar-refractivity contribution is 5.83. The van der Waals surface area contributed by atoms with Crippen molar-refractivity contribution >= 4 is 17.1 Å². The third-order valence-corrected chi connectivity index (χ3v) is 4.96. The van der Waals surface area contributed by atoms with Crippen molar-refractivity contribution < 1.29 is 9.90 Å². The largest absolute Gasteiger partial charge is 0.393 e. The molecule has 1 aromatic carbocycles. The van der Waals surface area contributed by atoms with E-state index in [0.717, 1.165) is 11.1 Å². The van der Waals surface area contributed by atoms with Crippen molar-refractivity contribution in [3.63, 3.8) is 0 Å². The number of aliphatic hydroxyl groups is 1. The number of carbonyl (C=O) groups excluding carboxylic acids is 1. The summed E-state index contributed by atoms with van der Waals surface area (Å²) < 4.78 is 0. The first kappa shape index (κ1) is 17.6. The van der Waals surface area contributed by atoms with E-state index in [1.807, 2.05) is 42.5 Å². The number of amides is 1. The van der Waals surface area contributed by atoms with Crippen molar-refractivity contribution in [2.45, 2.75) is 31.5 Å². The SMILES string of the molecule is O=C(NCc1nc2ncccc2[nH]1)C(c1ccccc1)N1CCC(O)CC1. The van der Waals surface area contributed by atoms with Crippen LogP contribution in [0.5, 0.6) is 0 Å². The summed E-state index contributed by atoms with van der Waals surface area (Å²) in [5, 5.41) is 12.8. The first-order valence-corrected chi connectivity index (χ1v) is 9.25. The average Bonchev–Trinajstić information content (AvgIpc) is 3.12. The average molecular weight is 365 g/mol. The van der Waals surface area contributed by atoms with E-state index in [0.29, 0.717) is 43.9 Å². The van der Waals surface area contributed by atoms with Gasteiger partial charge >= 0.3 is 0 Å². The van der Waals surface area contributed by atoms with Gasteiger partial charge in [0.05, 0.1) is 18.2 Å². The Hall–Kier alpha value is -2.77.